The summed E-state index contributed by atoms with van der Waals surface area (Å²) in [6, 6.07) is 5.83. The topological polar surface area (TPSA) is 77.8 Å². The maximum absolute atomic E-state index is 13.4. The Morgan fingerprint density at radius 3 is 2.81 bits per heavy atom. The lowest BCUT2D eigenvalue weighted by Crippen LogP contribution is -1.94. The van der Waals surface area contributed by atoms with E-state index in [-0.39, 0.29) is 22.4 Å². The first-order valence-electron chi connectivity index (χ1n) is 5.75. The van der Waals surface area contributed by atoms with Gasteiger partial charge in [0, 0.05) is 6.20 Å². The summed E-state index contributed by atoms with van der Waals surface area (Å²) in [5.41, 5.74) is 6.20. The molecule has 0 aliphatic heterocycles. The Morgan fingerprint density at radius 1 is 1.24 bits per heavy atom. The minimum Gasteiger partial charge on any atom is -0.396 e. The van der Waals surface area contributed by atoms with Crippen molar-refractivity contribution in [3.63, 3.8) is 0 Å². The van der Waals surface area contributed by atoms with Gasteiger partial charge in [-0.3, -0.25) is 0 Å². The first kappa shape index (κ1) is 13.8. The van der Waals surface area contributed by atoms with Crippen molar-refractivity contribution in [2.45, 2.75) is 0 Å². The third kappa shape index (κ3) is 2.55. The Kier molecular flexibility index (Phi) is 3.48. The molecule has 0 fully saturated rings. The third-order valence-corrected chi connectivity index (χ3v) is 3.22. The number of para-hydroxylation sites is 1. The molecule has 21 heavy (non-hydrogen) atoms. The Balaban J connectivity index is 2.06. The smallest absolute Gasteiger partial charge is 0.260 e. The highest BCUT2D eigenvalue weighted by atomic mass is 35.5. The van der Waals surface area contributed by atoms with Crippen LogP contribution < -0.4 is 5.73 Å². The first-order chi connectivity index (χ1) is 10.1. The molecule has 2 N–H and O–H groups in total. The van der Waals surface area contributed by atoms with Crippen molar-refractivity contribution in [3.05, 3.63) is 46.3 Å². The van der Waals surface area contributed by atoms with E-state index in [4.69, 9.17) is 33.5 Å². The zero-order valence-corrected chi connectivity index (χ0v) is 11.9. The molecule has 0 bridgehead atoms. The van der Waals surface area contributed by atoms with Crippen LogP contribution in [0.3, 0.4) is 0 Å². The van der Waals surface area contributed by atoms with Gasteiger partial charge in [-0.15, -0.1) is 0 Å². The van der Waals surface area contributed by atoms with Crippen molar-refractivity contribution in [2.24, 2.45) is 0 Å². The van der Waals surface area contributed by atoms with E-state index < -0.39 is 5.82 Å². The molecule has 0 aliphatic carbocycles. The molecule has 0 saturated carbocycles. The van der Waals surface area contributed by atoms with E-state index in [0.717, 1.165) is 0 Å². The number of hydrogen-bond acceptors (Lipinski definition) is 5. The number of nitrogens with two attached hydrogens (primary N) is 1. The molecule has 3 aromatic rings. The summed E-state index contributed by atoms with van der Waals surface area (Å²) in [5, 5.41) is 4.44. The number of pyridine rings is 1. The van der Waals surface area contributed by atoms with Gasteiger partial charge in [-0.25, -0.2) is 9.37 Å². The van der Waals surface area contributed by atoms with Crippen LogP contribution >= 0.6 is 23.2 Å². The second kappa shape index (κ2) is 5.31. The quantitative estimate of drug-likeness (QED) is 0.725. The molecule has 3 rings (SSSR count). The summed E-state index contributed by atoms with van der Waals surface area (Å²) in [5.74, 6) is -0.319. The van der Waals surface area contributed by atoms with E-state index in [1.807, 2.05) is 0 Å². The summed E-state index contributed by atoms with van der Waals surface area (Å²) in [7, 11) is 0. The number of hydrogen-bond donors (Lipinski definition) is 1. The Bertz CT molecular complexity index is 822. The average molecular weight is 325 g/mol. The highest BCUT2D eigenvalue weighted by molar-refractivity contribution is 6.35. The number of anilines is 1. The van der Waals surface area contributed by atoms with Gasteiger partial charge in [-0.05, 0) is 18.2 Å². The molecule has 0 saturated heterocycles. The van der Waals surface area contributed by atoms with Gasteiger partial charge in [0.05, 0.1) is 21.3 Å². The lowest BCUT2D eigenvalue weighted by molar-refractivity contribution is 0.432. The van der Waals surface area contributed by atoms with E-state index in [1.165, 1.54) is 24.4 Å². The zero-order valence-electron chi connectivity index (χ0n) is 10.3. The fraction of sp³-hybridized carbons (Fsp3) is 0. The molecule has 0 unspecified atom stereocenters. The standard InChI is InChI=1S/C13H7Cl2FN4O/c14-6-4-8(15)11(18-5-6)12-19-13(21-20-12)7-2-1-3-9(16)10(7)17/h1-5H,17H2. The zero-order chi connectivity index (χ0) is 15.0. The molecular formula is C13H7Cl2FN4O. The van der Waals surface area contributed by atoms with Crippen molar-refractivity contribution in [2.75, 3.05) is 5.73 Å². The lowest BCUT2D eigenvalue weighted by Gasteiger charge is -2.00. The number of rotatable bonds is 2. The molecule has 106 valence electrons. The highest BCUT2D eigenvalue weighted by Crippen LogP contribution is 2.30. The predicted octanol–water partition coefficient (Wildman–Crippen LogP) is 3.83. The number of aromatic nitrogens is 3. The molecule has 0 atom stereocenters. The fourth-order valence-electron chi connectivity index (χ4n) is 1.73. The molecule has 0 amide bonds. The van der Waals surface area contributed by atoms with Crippen LogP contribution in [0.1, 0.15) is 0 Å². The van der Waals surface area contributed by atoms with Gasteiger partial charge in [-0.2, -0.15) is 4.98 Å². The van der Waals surface area contributed by atoms with Crippen LogP contribution in [0.5, 0.6) is 0 Å². The lowest BCUT2D eigenvalue weighted by atomic mass is 10.2. The minimum atomic E-state index is -0.560. The summed E-state index contributed by atoms with van der Waals surface area (Å²) in [6.07, 6.45) is 1.41. The second-order valence-electron chi connectivity index (χ2n) is 4.11. The maximum atomic E-state index is 13.4. The van der Waals surface area contributed by atoms with Gasteiger partial charge in [0.25, 0.3) is 5.89 Å². The molecule has 2 heterocycles. The highest BCUT2D eigenvalue weighted by Gasteiger charge is 2.17. The second-order valence-corrected chi connectivity index (χ2v) is 4.95. The summed E-state index contributed by atoms with van der Waals surface area (Å²) < 4.78 is 18.5. The Labute approximate surface area is 128 Å². The Hall–Kier alpha value is -2.18. The first-order valence-corrected chi connectivity index (χ1v) is 6.51. The van der Waals surface area contributed by atoms with E-state index in [0.29, 0.717) is 16.3 Å². The SMILES string of the molecule is Nc1c(F)cccc1-c1nc(-c2ncc(Cl)cc2Cl)no1. The average Bonchev–Trinajstić information content (AvgIpc) is 2.91. The van der Waals surface area contributed by atoms with Gasteiger partial charge < -0.3 is 10.3 Å². The number of nitrogen functional groups attached to an aromatic ring is 1. The van der Waals surface area contributed by atoms with Gasteiger partial charge in [-0.1, -0.05) is 34.4 Å². The molecule has 5 nitrogen and oxygen atoms in total. The molecule has 2 aromatic heterocycles. The van der Waals surface area contributed by atoms with Crippen molar-refractivity contribution in [3.8, 4) is 23.0 Å². The van der Waals surface area contributed by atoms with Crippen LogP contribution in [0, 0.1) is 5.82 Å². The van der Waals surface area contributed by atoms with Crippen molar-refractivity contribution in [1.82, 2.24) is 15.1 Å². The monoisotopic (exact) mass is 324 g/mol. The number of benzene rings is 1. The number of nitrogens with zero attached hydrogens (tertiary/aromatic N) is 3. The van der Waals surface area contributed by atoms with Gasteiger partial charge in [0.2, 0.25) is 5.82 Å². The van der Waals surface area contributed by atoms with Crippen LogP contribution in [0.25, 0.3) is 23.0 Å². The largest absolute Gasteiger partial charge is 0.396 e. The predicted molar refractivity (Wildman–Crippen MR) is 77.4 cm³/mol. The minimum absolute atomic E-state index is 0.0668. The molecular weight excluding hydrogens is 318 g/mol. The van der Waals surface area contributed by atoms with Crippen molar-refractivity contribution < 1.29 is 8.91 Å². The number of halogens is 3. The third-order valence-electron chi connectivity index (χ3n) is 2.73. The molecule has 1 aromatic carbocycles. The summed E-state index contributed by atoms with van der Waals surface area (Å²) in [4.78, 5) is 8.17. The maximum Gasteiger partial charge on any atom is 0.260 e. The molecule has 0 spiro atoms. The van der Waals surface area contributed by atoms with E-state index >= 15 is 0 Å². The molecule has 0 radical (unpaired) electrons. The summed E-state index contributed by atoms with van der Waals surface area (Å²) >= 11 is 11.8. The molecule has 0 aliphatic rings. The van der Waals surface area contributed by atoms with E-state index in [9.17, 15) is 4.39 Å². The summed E-state index contributed by atoms with van der Waals surface area (Å²) in [6.45, 7) is 0. The van der Waals surface area contributed by atoms with Gasteiger partial charge in [0.15, 0.2) is 0 Å². The van der Waals surface area contributed by atoms with Gasteiger partial charge >= 0.3 is 0 Å². The Morgan fingerprint density at radius 2 is 2.05 bits per heavy atom. The van der Waals surface area contributed by atoms with Crippen LogP contribution in [-0.4, -0.2) is 15.1 Å². The van der Waals surface area contributed by atoms with Crippen LogP contribution in [0.2, 0.25) is 10.0 Å². The van der Waals surface area contributed by atoms with Crippen LogP contribution in [-0.2, 0) is 0 Å². The normalized spacial score (nSPS) is 10.8. The fourth-order valence-corrected chi connectivity index (χ4v) is 2.20. The van der Waals surface area contributed by atoms with Crippen molar-refractivity contribution in [1.29, 1.82) is 0 Å². The molecule has 8 heteroatoms. The van der Waals surface area contributed by atoms with Crippen LogP contribution in [0.4, 0.5) is 10.1 Å². The van der Waals surface area contributed by atoms with Crippen LogP contribution in [0.15, 0.2) is 35.0 Å². The van der Waals surface area contributed by atoms with E-state index in [2.05, 4.69) is 15.1 Å². The van der Waals surface area contributed by atoms with E-state index in [1.54, 1.807) is 6.07 Å². The van der Waals surface area contributed by atoms with Crippen molar-refractivity contribution >= 4 is 28.9 Å². The van der Waals surface area contributed by atoms with Gasteiger partial charge in [0.1, 0.15) is 11.5 Å².